The molecule has 0 bridgehead atoms. The molecule has 1 atom stereocenters. The van der Waals surface area contributed by atoms with Crippen molar-refractivity contribution in [3.63, 3.8) is 0 Å². The Morgan fingerprint density at radius 3 is 3.05 bits per heavy atom. The second-order valence-corrected chi connectivity index (χ2v) is 4.92. The minimum absolute atomic E-state index is 0.0309. The van der Waals surface area contributed by atoms with Crippen molar-refractivity contribution in [1.29, 1.82) is 0 Å². The summed E-state index contributed by atoms with van der Waals surface area (Å²) in [5, 5.41) is 2.86. The van der Waals surface area contributed by atoms with Crippen LogP contribution >= 0.6 is 0 Å². The van der Waals surface area contributed by atoms with Crippen LogP contribution in [0.15, 0.2) is 18.2 Å². The van der Waals surface area contributed by atoms with E-state index in [1.54, 1.807) is 0 Å². The predicted molar refractivity (Wildman–Crippen MR) is 75.7 cm³/mol. The van der Waals surface area contributed by atoms with Gasteiger partial charge < -0.3 is 16.0 Å². The summed E-state index contributed by atoms with van der Waals surface area (Å²) in [6.45, 7) is 1.96. The maximum atomic E-state index is 13.7. The number of halogens is 1. The first-order valence-electron chi connectivity index (χ1n) is 6.58. The number of likely N-dealkylation sites (tertiary alicyclic amines) is 1. The molecule has 1 aromatic carbocycles. The SMILES string of the molecule is CN1CCC(NC(=O)c2cc(C#CCN)ccc2F)C1. The molecule has 3 N–H and O–H groups in total. The number of nitrogens with one attached hydrogen (secondary N) is 1. The van der Waals surface area contributed by atoms with Crippen molar-refractivity contribution in [1.82, 2.24) is 10.2 Å². The molecule has 1 unspecified atom stereocenters. The van der Waals surface area contributed by atoms with Gasteiger partial charge in [-0.2, -0.15) is 0 Å². The number of carbonyl (C=O) groups is 1. The Balaban J connectivity index is 2.12. The van der Waals surface area contributed by atoms with Crippen LogP contribution in [0.1, 0.15) is 22.3 Å². The lowest BCUT2D eigenvalue weighted by atomic mass is 10.1. The lowest BCUT2D eigenvalue weighted by Crippen LogP contribution is -2.36. The predicted octanol–water partition coefficient (Wildman–Crippen LogP) is 0.570. The van der Waals surface area contributed by atoms with Crippen LogP contribution < -0.4 is 11.1 Å². The largest absolute Gasteiger partial charge is 0.348 e. The number of nitrogens with two attached hydrogens (primary N) is 1. The summed E-state index contributed by atoms with van der Waals surface area (Å²) >= 11 is 0. The minimum atomic E-state index is -0.535. The van der Waals surface area contributed by atoms with Crippen molar-refractivity contribution in [3.05, 3.63) is 35.1 Å². The zero-order valence-electron chi connectivity index (χ0n) is 11.4. The van der Waals surface area contributed by atoms with Crippen molar-refractivity contribution in [2.75, 3.05) is 26.7 Å². The molecule has 4 nitrogen and oxygen atoms in total. The zero-order valence-corrected chi connectivity index (χ0v) is 11.4. The van der Waals surface area contributed by atoms with Crippen molar-refractivity contribution in [2.45, 2.75) is 12.5 Å². The van der Waals surface area contributed by atoms with E-state index in [1.807, 2.05) is 7.05 Å². The Kier molecular flexibility index (Phi) is 4.72. The number of hydrogen-bond donors (Lipinski definition) is 2. The quantitative estimate of drug-likeness (QED) is 0.776. The maximum absolute atomic E-state index is 13.7. The van der Waals surface area contributed by atoms with Crippen molar-refractivity contribution < 1.29 is 9.18 Å². The van der Waals surface area contributed by atoms with Gasteiger partial charge in [0.25, 0.3) is 5.91 Å². The van der Waals surface area contributed by atoms with Crippen LogP contribution in [0.4, 0.5) is 4.39 Å². The molecule has 0 saturated carbocycles. The van der Waals surface area contributed by atoms with Crippen LogP contribution in [0, 0.1) is 17.7 Å². The molecule has 20 heavy (non-hydrogen) atoms. The van der Waals surface area contributed by atoms with Gasteiger partial charge in [0.15, 0.2) is 0 Å². The van der Waals surface area contributed by atoms with Crippen molar-refractivity contribution in [2.24, 2.45) is 5.73 Å². The Morgan fingerprint density at radius 1 is 1.60 bits per heavy atom. The van der Waals surface area contributed by atoms with E-state index in [4.69, 9.17) is 5.73 Å². The Labute approximate surface area is 118 Å². The number of benzene rings is 1. The molecule has 1 heterocycles. The summed E-state index contributed by atoms with van der Waals surface area (Å²) in [4.78, 5) is 14.2. The molecule has 1 aliphatic heterocycles. The molecule has 0 aliphatic carbocycles. The van der Waals surface area contributed by atoms with E-state index < -0.39 is 5.82 Å². The lowest BCUT2D eigenvalue weighted by molar-refractivity contribution is 0.0934. The first-order valence-corrected chi connectivity index (χ1v) is 6.58. The molecule has 106 valence electrons. The van der Waals surface area contributed by atoms with Crippen LogP contribution in [0.3, 0.4) is 0 Å². The summed E-state index contributed by atoms with van der Waals surface area (Å²) in [5.41, 5.74) is 5.91. The van der Waals surface area contributed by atoms with Crippen LogP contribution in [-0.4, -0.2) is 43.5 Å². The lowest BCUT2D eigenvalue weighted by Gasteiger charge is -2.13. The van der Waals surface area contributed by atoms with E-state index in [-0.39, 0.29) is 24.1 Å². The monoisotopic (exact) mass is 275 g/mol. The molecule has 1 fully saturated rings. The third kappa shape index (κ3) is 3.56. The van der Waals surface area contributed by atoms with Gasteiger partial charge in [-0.15, -0.1) is 0 Å². The number of hydrogen-bond acceptors (Lipinski definition) is 3. The van der Waals surface area contributed by atoms with Gasteiger partial charge in [0.1, 0.15) is 5.82 Å². The first-order chi connectivity index (χ1) is 9.60. The average molecular weight is 275 g/mol. The van der Waals surface area contributed by atoms with Gasteiger partial charge >= 0.3 is 0 Å². The molecule has 1 amide bonds. The summed E-state index contributed by atoms with van der Waals surface area (Å²) in [6, 6.07) is 4.34. The highest BCUT2D eigenvalue weighted by atomic mass is 19.1. The fourth-order valence-electron chi connectivity index (χ4n) is 2.25. The summed E-state index contributed by atoms with van der Waals surface area (Å²) < 4.78 is 13.7. The number of likely N-dealkylation sites (N-methyl/N-ethyl adjacent to an activating group) is 1. The van der Waals surface area contributed by atoms with Crippen LogP contribution in [-0.2, 0) is 0 Å². The van der Waals surface area contributed by atoms with Crippen LogP contribution in [0.2, 0.25) is 0 Å². The van der Waals surface area contributed by atoms with Gasteiger partial charge in [-0.1, -0.05) is 11.8 Å². The standard InChI is InChI=1S/C15H18FN3O/c1-19-8-6-12(10-19)18-15(20)13-9-11(3-2-7-17)4-5-14(13)16/h4-5,9,12H,6-8,10,17H2,1H3,(H,18,20). The maximum Gasteiger partial charge on any atom is 0.254 e. The number of carbonyl (C=O) groups excluding carboxylic acids is 1. The highest BCUT2D eigenvalue weighted by Crippen LogP contribution is 2.12. The van der Waals surface area contributed by atoms with E-state index in [1.165, 1.54) is 18.2 Å². The molecule has 0 radical (unpaired) electrons. The van der Waals surface area contributed by atoms with E-state index in [9.17, 15) is 9.18 Å². The summed E-state index contributed by atoms with van der Waals surface area (Å²) in [5.74, 6) is 4.56. The van der Waals surface area contributed by atoms with E-state index in [0.717, 1.165) is 19.5 Å². The highest BCUT2D eigenvalue weighted by Gasteiger charge is 2.22. The van der Waals surface area contributed by atoms with Gasteiger partial charge in [0, 0.05) is 18.2 Å². The third-order valence-corrected chi connectivity index (χ3v) is 3.27. The topological polar surface area (TPSA) is 58.4 Å². The van der Waals surface area contributed by atoms with Gasteiger partial charge in [-0.05, 0) is 38.2 Å². The molecular weight excluding hydrogens is 257 g/mol. The molecule has 5 heteroatoms. The van der Waals surface area contributed by atoms with E-state index >= 15 is 0 Å². The van der Waals surface area contributed by atoms with Gasteiger partial charge in [0.2, 0.25) is 0 Å². The van der Waals surface area contributed by atoms with Gasteiger partial charge in [0.05, 0.1) is 12.1 Å². The van der Waals surface area contributed by atoms with Gasteiger partial charge in [-0.25, -0.2) is 4.39 Å². The minimum Gasteiger partial charge on any atom is -0.348 e. The normalized spacial score (nSPS) is 18.4. The smallest absolute Gasteiger partial charge is 0.254 e. The molecule has 1 aliphatic rings. The Hall–Kier alpha value is -1.90. The van der Waals surface area contributed by atoms with E-state index in [2.05, 4.69) is 22.1 Å². The first kappa shape index (κ1) is 14.5. The molecule has 1 aromatic rings. The Bertz CT molecular complexity index is 562. The van der Waals surface area contributed by atoms with E-state index in [0.29, 0.717) is 5.56 Å². The molecular formula is C15H18FN3O. The summed E-state index contributed by atoms with van der Waals surface area (Å²) in [7, 11) is 2.00. The average Bonchev–Trinajstić information content (AvgIpc) is 2.83. The second kappa shape index (κ2) is 6.51. The van der Waals surface area contributed by atoms with Crippen molar-refractivity contribution in [3.8, 4) is 11.8 Å². The third-order valence-electron chi connectivity index (χ3n) is 3.27. The zero-order chi connectivity index (χ0) is 14.5. The Morgan fingerprint density at radius 2 is 2.40 bits per heavy atom. The molecule has 0 aromatic heterocycles. The number of rotatable bonds is 2. The van der Waals surface area contributed by atoms with Crippen LogP contribution in [0.25, 0.3) is 0 Å². The van der Waals surface area contributed by atoms with Crippen LogP contribution in [0.5, 0.6) is 0 Å². The molecule has 1 saturated heterocycles. The molecule has 0 spiro atoms. The van der Waals surface area contributed by atoms with Crippen molar-refractivity contribution >= 4 is 5.91 Å². The fourth-order valence-corrected chi connectivity index (χ4v) is 2.25. The fraction of sp³-hybridized carbons (Fsp3) is 0.400. The van der Waals surface area contributed by atoms with Gasteiger partial charge in [-0.3, -0.25) is 4.79 Å². The second-order valence-electron chi connectivity index (χ2n) is 4.92. The number of amides is 1. The number of nitrogens with zero attached hydrogens (tertiary/aromatic N) is 1. The molecule has 2 rings (SSSR count). The summed E-state index contributed by atoms with van der Waals surface area (Å²) in [6.07, 6.45) is 0.885. The highest BCUT2D eigenvalue weighted by molar-refractivity contribution is 5.95.